The van der Waals surface area contributed by atoms with Crippen molar-refractivity contribution in [1.29, 1.82) is 0 Å². The highest BCUT2D eigenvalue weighted by atomic mass is 28.4. The molecule has 0 heterocycles. The van der Waals surface area contributed by atoms with Crippen LogP contribution in [0, 0.1) is 0 Å². The van der Waals surface area contributed by atoms with E-state index in [0.717, 1.165) is 50.5 Å². The molecule has 0 radical (unpaired) electrons. The smallest absolute Gasteiger partial charge is 0.377 e. The maximum atomic E-state index is 6.05. The van der Waals surface area contributed by atoms with Crippen LogP contribution in [0.3, 0.4) is 0 Å². The van der Waals surface area contributed by atoms with Crippen LogP contribution in [-0.4, -0.2) is 116 Å². The number of hydrogen-bond donors (Lipinski definition) is 2. The molecule has 0 spiro atoms. The van der Waals surface area contributed by atoms with Gasteiger partial charge in [0.25, 0.3) is 0 Å². The van der Waals surface area contributed by atoms with Crippen molar-refractivity contribution in [3.05, 3.63) is 0 Å². The van der Waals surface area contributed by atoms with Gasteiger partial charge in [-0.3, -0.25) is 0 Å². The molecule has 0 atom stereocenters. The van der Waals surface area contributed by atoms with Gasteiger partial charge in [-0.2, -0.15) is 0 Å². The molecule has 0 amide bonds. The highest BCUT2D eigenvalue weighted by Crippen LogP contribution is 2.20. The largest absolute Gasteiger partial charge is 0.500 e. The Labute approximate surface area is 270 Å². The van der Waals surface area contributed by atoms with Crippen LogP contribution in [0.25, 0.3) is 0 Å². The molecule has 15 heteroatoms. The van der Waals surface area contributed by atoms with Gasteiger partial charge in [0.15, 0.2) is 0 Å². The highest BCUT2D eigenvalue weighted by molar-refractivity contribution is 6.61. The molecular weight excluding hydrogens is 621 g/mol. The van der Waals surface area contributed by atoms with Gasteiger partial charge in [-0.1, -0.05) is 25.3 Å². The van der Waals surface area contributed by atoms with E-state index in [4.69, 9.17) is 39.8 Å². The standard InChI is InChI=1S/C28H68N2O9Si4/c1-10-34-42(35-11-2,36-12-3)26-20-22-29-28(30-23-21-27-43(37-13-4,38-14-5)39-15-6)40-24-18-16-17-19-25-41(31-7,32-8)33-9/h28-30H,10-27,40H2,1-9H3. The minimum atomic E-state index is -2.62. The van der Waals surface area contributed by atoms with Crippen LogP contribution in [0.2, 0.25) is 24.2 Å². The average molecular weight is 689 g/mol. The number of hydrogen-bond acceptors (Lipinski definition) is 11. The summed E-state index contributed by atoms with van der Waals surface area (Å²) in [6.07, 6.45) is 6.62. The molecule has 0 aromatic heterocycles. The molecule has 0 unspecified atom stereocenters. The van der Waals surface area contributed by atoms with E-state index in [1.54, 1.807) is 21.3 Å². The molecule has 0 rings (SSSR count). The Morgan fingerprint density at radius 3 is 1.16 bits per heavy atom. The summed E-state index contributed by atoms with van der Waals surface area (Å²) in [6, 6.07) is 3.80. The van der Waals surface area contributed by atoms with E-state index in [9.17, 15) is 0 Å². The van der Waals surface area contributed by atoms with Crippen molar-refractivity contribution in [3.8, 4) is 0 Å². The Morgan fingerprint density at radius 2 is 0.814 bits per heavy atom. The zero-order valence-electron chi connectivity index (χ0n) is 29.2. The van der Waals surface area contributed by atoms with E-state index in [1.165, 1.54) is 25.3 Å². The lowest BCUT2D eigenvalue weighted by molar-refractivity contribution is 0.0701. The molecule has 0 saturated heterocycles. The number of rotatable bonds is 33. The summed E-state index contributed by atoms with van der Waals surface area (Å²) in [5.41, 5.74) is 0. The summed E-state index contributed by atoms with van der Waals surface area (Å²) >= 11 is 0. The molecule has 0 aliphatic heterocycles. The lowest BCUT2D eigenvalue weighted by atomic mass is 10.2. The normalized spacial score (nSPS) is 13.3. The zero-order chi connectivity index (χ0) is 32.3. The van der Waals surface area contributed by atoms with Gasteiger partial charge in [-0.15, -0.1) is 0 Å². The van der Waals surface area contributed by atoms with Crippen LogP contribution in [0.5, 0.6) is 0 Å². The van der Waals surface area contributed by atoms with Gasteiger partial charge in [0.05, 0.1) is 9.52 Å². The van der Waals surface area contributed by atoms with Crippen molar-refractivity contribution in [2.45, 2.75) is 110 Å². The van der Waals surface area contributed by atoms with Gasteiger partial charge in [0, 0.05) is 84.9 Å². The van der Waals surface area contributed by atoms with Crippen LogP contribution in [0.15, 0.2) is 0 Å². The molecule has 260 valence electrons. The fourth-order valence-corrected chi connectivity index (χ4v) is 14.1. The first-order valence-electron chi connectivity index (χ1n) is 16.8. The van der Waals surface area contributed by atoms with Crippen molar-refractivity contribution in [3.63, 3.8) is 0 Å². The Morgan fingerprint density at radius 1 is 0.465 bits per heavy atom. The lowest BCUT2D eigenvalue weighted by Crippen LogP contribution is -2.50. The van der Waals surface area contributed by atoms with Crippen molar-refractivity contribution in [2.24, 2.45) is 0 Å². The quantitative estimate of drug-likeness (QED) is 0.0584. The minimum Gasteiger partial charge on any atom is -0.377 e. The molecule has 0 saturated carbocycles. The first kappa shape index (κ1) is 43.4. The molecule has 0 aromatic carbocycles. The number of unbranched alkanes of at least 4 members (excludes halogenated alkanes) is 3. The minimum absolute atomic E-state index is 0.361. The molecule has 11 nitrogen and oxygen atoms in total. The van der Waals surface area contributed by atoms with Crippen molar-refractivity contribution >= 4 is 35.9 Å². The monoisotopic (exact) mass is 688 g/mol. The first-order valence-corrected chi connectivity index (χ1v) is 24.4. The van der Waals surface area contributed by atoms with Crippen LogP contribution < -0.4 is 10.6 Å². The summed E-state index contributed by atoms with van der Waals surface area (Å²) in [7, 11) is -3.03. The lowest BCUT2D eigenvalue weighted by Gasteiger charge is -2.29. The van der Waals surface area contributed by atoms with Crippen molar-refractivity contribution in [2.75, 3.05) is 74.1 Å². The molecule has 2 N–H and O–H groups in total. The van der Waals surface area contributed by atoms with Crippen molar-refractivity contribution < 1.29 is 39.8 Å². The predicted octanol–water partition coefficient (Wildman–Crippen LogP) is 4.35. The van der Waals surface area contributed by atoms with Crippen LogP contribution in [0.4, 0.5) is 0 Å². The number of nitrogens with one attached hydrogen (secondary N) is 2. The second kappa shape index (κ2) is 27.5. The Bertz CT molecular complexity index is 552. The predicted molar refractivity (Wildman–Crippen MR) is 183 cm³/mol. The SMILES string of the molecule is CCO[Si](CCCNC(NCCC[Si](OCC)(OCC)OCC)[SiH2]CCCCCC[Si](OC)(OC)OC)(OCC)OCC. The first-order chi connectivity index (χ1) is 20.8. The van der Waals surface area contributed by atoms with Gasteiger partial charge >= 0.3 is 26.4 Å². The van der Waals surface area contributed by atoms with Crippen LogP contribution >= 0.6 is 0 Å². The zero-order valence-corrected chi connectivity index (χ0v) is 33.6. The molecule has 0 aliphatic carbocycles. The van der Waals surface area contributed by atoms with Crippen molar-refractivity contribution in [1.82, 2.24) is 10.6 Å². The van der Waals surface area contributed by atoms with Gasteiger partial charge in [0.1, 0.15) is 0 Å². The Balaban J connectivity index is 4.95. The average Bonchev–Trinajstić information content (AvgIpc) is 2.99. The summed E-state index contributed by atoms with van der Waals surface area (Å²) < 4.78 is 53.0. The highest BCUT2D eigenvalue weighted by Gasteiger charge is 2.40. The van der Waals surface area contributed by atoms with E-state index < -0.39 is 26.4 Å². The maximum Gasteiger partial charge on any atom is 0.500 e. The van der Waals surface area contributed by atoms with Gasteiger partial charge in [-0.05, 0) is 73.9 Å². The Hall–Kier alpha value is 0.428. The second-order valence-electron chi connectivity index (χ2n) is 10.2. The maximum absolute atomic E-state index is 6.05. The third-order valence-electron chi connectivity index (χ3n) is 7.20. The topological polar surface area (TPSA) is 107 Å². The van der Waals surface area contributed by atoms with E-state index in [-0.39, 0.29) is 9.52 Å². The van der Waals surface area contributed by atoms with E-state index in [1.807, 2.05) is 41.5 Å². The molecule has 0 bridgehead atoms. The molecule has 0 fully saturated rings. The van der Waals surface area contributed by atoms with Crippen LogP contribution in [0.1, 0.15) is 80.1 Å². The Kier molecular flexibility index (Phi) is 27.8. The molecule has 43 heavy (non-hydrogen) atoms. The van der Waals surface area contributed by atoms with Gasteiger partial charge in [0.2, 0.25) is 0 Å². The molecular formula is C28H68N2O9Si4. The summed E-state index contributed by atoms with van der Waals surface area (Å²) in [5.74, 6) is 0.361. The third-order valence-corrected chi connectivity index (χ3v) is 18.4. The van der Waals surface area contributed by atoms with Gasteiger partial charge < -0.3 is 50.5 Å². The summed E-state index contributed by atoms with van der Waals surface area (Å²) in [5, 5.41) is 7.63. The van der Waals surface area contributed by atoms with E-state index in [0.29, 0.717) is 45.4 Å². The van der Waals surface area contributed by atoms with Crippen LogP contribution in [-0.2, 0) is 39.8 Å². The van der Waals surface area contributed by atoms with E-state index in [2.05, 4.69) is 10.6 Å². The molecule has 0 aliphatic rings. The second-order valence-corrected chi connectivity index (χ2v) is 20.9. The van der Waals surface area contributed by atoms with E-state index >= 15 is 0 Å². The third kappa shape index (κ3) is 19.0. The summed E-state index contributed by atoms with van der Waals surface area (Å²) in [6.45, 7) is 17.5. The molecule has 0 aromatic rings. The fourth-order valence-electron chi connectivity index (χ4n) is 5.22. The summed E-state index contributed by atoms with van der Waals surface area (Å²) in [4.78, 5) is 0. The fraction of sp³-hybridized carbons (Fsp3) is 1.00. The van der Waals surface area contributed by atoms with Gasteiger partial charge in [-0.25, -0.2) is 0 Å².